The topological polar surface area (TPSA) is 85.4 Å². The Morgan fingerprint density at radius 1 is 1.30 bits per heavy atom. The van der Waals surface area contributed by atoms with Crippen LogP contribution in [0.5, 0.6) is 0 Å². The highest BCUT2D eigenvalue weighted by atomic mass is 35.5. The van der Waals surface area contributed by atoms with Gasteiger partial charge in [-0.3, -0.25) is 24.7 Å². The van der Waals surface area contributed by atoms with Crippen LogP contribution in [0.4, 0.5) is 10.5 Å². The highest BCUT2D eigenvalue weighted by molar-refractivity contribution is 6.31. The molecule has 3 amide bonds. The number of anilines is 1. The first-order valence-corrected chi connectivity index (χ1v) is 10.3. The molecule has 9 nitrogen and oxygen atoms in total. The van der Waals surface area contributed by atoms with E-state index in [0.717, 1.165) is 22.7 Å². The molecule has 3 saturated heterocycles. The third-order valence-electron chi connectivity index (χ3n) is 6.15. The van der Waals surface area contributed by atoms with Gasteiger partial charge in [-0.2, -0.15) is 0 Å². The van der Waals surface area contributed by atoms with Gasteiger partial charge in [0.2, 0.25) is 0 Å². The van der Waals surface area contributed by atoms with E-state index in [1.165, 1.54) is 12.0 Å². The van der Waals surface area contributed by atoms with Crippen molar-refractivity contribution in [3.63, 3.8) is 0 Å². The lowest BCUT2D eigenvalue weighted by Gasteiger charge is -2.46. The molecule has 162 valence electrons. The molecule has 0 radical (unpaired) electrons. The largest absolute Gasteiger partial charge is 0.468 e. The minimum Gasteiger partial charge on any atom is -0.468 e. The number of likely N-dealkylation sites (N-methyl/N-ethyl adjacent to an activating group) is 1. The van der Waals surface area contributed by atoms with E-state index in [9.17, 15) is 14.4 Å². The molecule has 3 aliphatic heterocycles. The second kappa shape index (κ2) is 7.72. The van der Waals surface area contributed by atoms with Crippen LogP contribution >= 0.6 is 11.6 Å². The van der Waals surface area contributed by atoms with Crippen LogP contribution < -0.4 is 10.2 Å². The highest BCUT2D eigenvalue weighted by Crippen LogP contribution is 2.36. The van der Waals surface area contributed by atoms with E-state index >= 15 is 0 Å². The summed E-state index contributed by atoms with van der Waals surface area (Å²) in [4.78, 5) is 44.6. The number of hydrogen-bond donors (Lipinski definition) is 1. The number of fused-ring (bicyclic) bond motifs is 3. The molecule has 4 unspecified atom stereocenters. The number of amides is 3. The van der Waals surface area contributed by atoms with Gasteiger partial charge in [0.1, 0.15) is 25.0 Å². The Labute approximate surface area is 180 Å². The zero-order chi connectivity index (χ0) is 21.7. The molecule has 4 rings (SSSR count). The van der Waals surface area contributed by atoms with Gasteiger partial charge in [0, 0.05) is 30.8 Å². The number of rotatable bonds is 3. The molecule has 4 atom stereocenters. The lowest BCUT2D eigenvalue weighted by Crippen LogP contribution is -2.67. The summed E-state index contributed by atoms with van der Waals surface area (Å²) in [5.41, 5.74) is 1.95. The number of esters is 1. The molecule has 30 heavy (non-hydrogen) atoms. The van der Waals surface area contributed by atoms with Crippen molar-refractivity contribution in [2.75, 3.05) is 38.7 Å². The number of nitrogens with zero attached hydrogens (tertiary/aromatic N) is 4. The summed E-state index contributed by atoms with van der Waals surface area (Å²) >= 11 is 6.36. The van der Waals surface area contributed by atoms with E-state index in [4.69, 9.17) is 11.6 Å². The molecule has 1 N–H and O–H groups in total. The SMILES string of the molecule is COC(=O)CN1C(=O)C2C(NC3N(c4cccc(Cl)c4C)CC(C)CN23)N(C)C1=O. The van der Waals surface area contributed by atoms with Crippen molar-refractivity contribution in [2.24, 2.45) is 5.92 Å². The van der Waals surface area contributed by atoms with Crippen LogP contribution in [0.1, 0.15) is 12.5 Å². The maximum absolute atomic E-state index is 13.3. The molecule has 1 aromatic rings. The van der Waals surface area contributed by atoms with Crippen LogP contribution in [0, 0.1) is 12.8 Å². The third kappa shape index (κ3) is 3.21. The number of methoxy groups -OCH3 is 1. The predicted molar refractivity (Wildman–Crippen MR) is 111 cm³/mol. The van der Waals surface area contributed by atoms with Gasteiger partial charge in [0.25, 0.3) is 5.91 Å². The molecule has 10 heteroatoms. The number of carbonyl (C=O) groups is 3. The van der Waals surface area contributed by atoms with Gasteiger partial charge in [-0.15, -0.1) is 0 Å². The standard InChI is InChI=1S/C20H26ClN5O4/c1-11-8-24(14-7-5-6-13(21)12(14)2)19-22-17-16(25(19)9-11)18(28)26(10-15(27)30-4)20(29)23(17)3/h5-7,11,16-17,19,22H,8-10H2,1-4H3. The first kappa shape index (κ1) is 20.9. The van der Waals surface area contributed by atoms with Gasteiger partial charge in [0.05, 0.1) is 7.11 Å². The Hall–Kier alpha value is -2.36. The summed E-state index contributed by atoms with van der Waals surface area (Å²) in [5, 5.41) is 4.14. The van der Waals surface area contributed by atoms with Gasteiger partial charge >= 0.3 is 12.0 Å². The van der Waals surface area contributed by atoms with Crippen LogP contribution in [0.25, 0.3) is 0 Å². The van der Waals surface area contributed by atoms with Crippen molar-refractivity contribution in [3.8, 4) is 0 Å². The number of hydrogen-bond acceptors (Lipinski definition) is 7. The number of carbonyl (C=O) groups excluding carboxylic acids is 3. The molecule has 3 fully saturated rings. The van der Waals surface area contributed by atoms with Crippen molar-refractivity contribution >= 4 is 35.2 Å². The van der Waals surface area contributed by atoms with Gasteiger partial charge in [-0.25, -0.2) is 4.79 Å². The maximum Gasteiger partial charge on any atom is 0.328 e. The molecule has 0 aliphatic carbocycles. The Morgan fingerprint density at radius 3 is 2.73 bits per heavy atom. The first-order valence-electron chi connectivity index (χ1n) is 9.93. The van der Waals surface area contributed by atoms with Crippen LogP contribution in [0.15, 0.2) is 18.2 Å². The lowest BCUT2D eigenvalue weighted by molar-refractivity contribution is -0.149. The van der Waals surface area contributed by atoms with Crippen LogP contribution in [-0.2, 0) is 14.3 Å². The summed E-state index contributed by atoms with van der Waals surface area (Å²) in [6, 6.07) is 4.68. The molecule has 0 spiro atoms. The van der Waals surface area contributed by atoms with Crippen LogP contribution in [0.2, 0.25) is 5.02 Å². The van der Waals surface area contributed by atoms with Gasteiger partial charge in [-0.05, 0) is 30.5 Å². The molecular formula is C20H26ClN5O4. The normalized spacial score (nSPS) is 29.2. The second-order valence-corrected chi connectivity index (χ2v) is 8.57. The number of urea groups is 1. The van der Waals surface area contributed by atoms with Gasteiger partial charge < -0.3 is 14.5 Å². The zero-order valence-electron chi connectivity index (χ0n) is 17.5. The molecule has 0 aromatic heterocycles. The first-order chi connectivity index (χ1) is 14.2. The van der Waals surface area contributed by atoms with Crippen molar-refractivity contribution in [1.82, 2.24) is 20.0 Å². The van der Waals surface area contributed by atoms with E-state index in [1.54, 1.807) is 7.05 Å². The molecule has 3 aliphatic rings. The van der Waals surface area contributed by atoms with Crippen molar-refractivity contribution in [3.05, 3.63) is 28.8 Å². The molecule has 0 bridgehead atoms. The Kier molecular flexibility index (Phi) is 5.37. The fraction of sp³-hybridized carbons (Fsp3) is 0.550. The van der Waals surface area contributed by atoms with Crippen molar-refractivity contribution in [1.29, 1.82) is 0 Å². The Balaban J connectivity index is 1.69. The third-order valence-corrected chi connectivity index (χ3v) is 6.56. The van der Waals surface area contributed by atoms with Crippen LogP contribution in [-0.4, -0.2) is 84.9 Å². The second-order valence-electron chi connectivity index (χ2n) is 8.16. The fourth-order valence-electron chi connectivity index (χ4n) is 4.65. The molecule has 1 aromatic carbocycles. The fourth-order valence-corrected chi connectivity index (χ4v) is 4.82. The minimum atomic E-state index is -0.630. The van der Waals surface area contributed by atoms with E-state index in [2.05, 4.69) is 26.8 Å². The Bertz CT molecular complexity index is 896. The summed E-state index contributed by atoms with van der Waals surface area (Å²) in [6.07, 6.45) is -0.762. The predicted octanol–water partition coefficient (Wildman–Crippen LogP) is 1.06. The number of halogens is 1. The number of imide groups is 1. The highest BCUT2D eigenvalue weighted by Gasteiger charge is 2.57. The molecule has 0 saturated carbocycles. The molecular weight excluding hydrogens is 410 g/mol. The monoisotopic (exact) mass is 435 g/mol. The van der Waals surface area contributed by atoms with E-state index < -0.39 is 30.8 Å². The number of ether oxygens (including phenoxy) is 1. The van der Waals surface area contributed by atoms with Gasteiger partial charge in [-0.1, -0.05) is 24.6 Å². The summed E-state index contributed by atoms with van der Waals surface area (Å²) in [5.74, 6) is -0.736. The van der Waals surface area contributed by atoms with E-state index in [1.807, 2.05) is 25.1 Å². The zero-order valence-corrected chi connectivity index (χ0v) is 18.2. The van der Waals surface area contributed by atoms with Crippen molar-refractivity contribution < 1.29 is 19.1 Å². The van der Waals surface area contributed by atoms with Crippen molar-refractivity contribution in [2.45, 2.75) is 32.3 Å². The number of benzene rings is 1. The van der Waals surface area contributed by atoms with Crippen LogP contribution in [0.3, 0.4) is 0 Å². The van der Waals surface area contributed by atoms with E-state index in [0.29, 0.717) is 11.6 Å². The summed E-state index contributed by atoms with van der Waals surface area (Å²) in [7, 11) is 2.87. The lowest BCUT2D eigenvalue weighted by atomic mass is 10.0. The van der Waals surface area contributed by atoms with Gasteiger partial charge in [0.15, 0.2) is 0 Å². The minimum absolute atomic E-state index is 0.273. The average Bonchev–Trinajstić information content (AvgIpc) is 3.10. The number of nitrogens with one attached hydrogen (secondary N) is 1. The Morgan fingerprint density at radius 2 is 2.03 bits per heavy atom. The molecule has 3 heterocycles. The van der Waals surface area contributed by atoms with E-state index in [-0.39, 0.29) is 18.1 Å². The smallest absolute Gasteiger partial charge is 0.328 e. The quantitative estimate of drug-likeness (QED) is 0.710. The summed E-state index contributed by atoms with van der Waals surface area (Å²) < 4.78 is 4.67. The summed E-state index contributed by atoms with van der Waals surface area (Å²) in [6.45, 7) is 5.18. The maximum atomic E-state index is 13.3. The average molecular weight is 436 g/mol.